The predicted molar refractivity (Wildman–Crippen MR) is 88.8 cm³/mol. The molecule has 0 saturated carbocycles. The Morgan fingerprint density at radius 2 is 2.05 bits per heavy atom. The molecule has 2 aromatic rings. The van der Waals surface area contributed by atoms with E-state index in [1.165, 1.54) is 0 Å². The van der Waals surface area contributed by atoms with Crippen molar-refractivity contribution in [1.29, 1.82) is 0 Å². The molecule has 0 spiro atoms. The molecule has 2 aromatic carbocycles. The van der Waals surface area contributed by atoms with Crippen LogP contribution in [0.5, 0.6) is 5.75 Å². The summed E-state index contributed by atoms with van der Waals surface area (Å²) in [4.78, 5) is 2.03. The van der Waals surface area contributed by atoms with Crippen LogP contribution in [0.2, 0.25) is 5.02 Å². The molecule has 0 bridgehead atoms. The van der Waals surface area contributed by atoms with Gasteiger partial charge in [-0.25, -0.2) is 0 Å². The zero-order chi connectivity index (χ0) is 14.5. The van der Waals surface area contributed by atoms with Gasteiger partial charge in [-0.05, 0) is 36.4 Å². The third kappa shape index (κ3) is 4.05. The topological polar surface area (TPSA) is 38.5 Å². The fourth-order valence-electron chi connectivity index (χ4n) is 1.83. The van der Waals surface area contributed by atoms with Crippen LogP contribution in [0.25, 0.3) is 0 Å². The summed E-state index contributed by atoms with van der Waals surface area (Å²) in [6.07, 6.45) is 0. The first kappa shape index (κ1) is 15.0. The van der Waals surface area contributed by atoms with E-state index in [0.29, 0.717) is 17.3 Å². The lowest BCUT2D eigenvalue weighted by atomic mass is 10.2. The molecule has 0 saturated heterocycles. The standard InChI is InChI=1S/C15H16BrClN2O/c1-19(15-10-12(17)5-6-14(15)18)7-8-20-13-4-2-3-11(16)9-13/h2-6,9-10H,7-8,18H2,1H3. The van der Waals surface area contributed by atoms with E-state index in [1.54, 1.807) is 6.07 Å². The van der Waals surface area contributed by atoms with Crippen LogP contribution in [0.1, 0.15) is 0 Å². The van der Waals surface area contributed by atoms with E-state index >= 15 is 0 Å². The number of anilines is 2. The minimum absolute atomic E-state index is 0.568. The lowest BCUT2D eigenvalue weighted by Crippen LogP contribution is -2.24. The lowest BCUT2D eigenvalue weighted by molar-refractivity contribution is 0.326. The van der Waals surface area contributed by atoms with Crippen molar-refractivity contribution < 1.29 is 4.74 Å². The van der Waals surface area contributed by atoms with E-state index in [0.717, 1.165) is 22.5 Å². The molecule has 0 fully saturated rings. The van der Waals surface area contributed by atoms with Gasteiger partial charge in [-0.3, -0.25) is 0 Å². The van der Waals surface area contributed by atoms with Crippen LogP contribution in [0.15, 0.2) is 46.9 Å². The van der Waals surface area contributed by atoms with Crippen molar-refractivity contribution in [2.24, 2.45) is 0 Å². The molecule has 2 N–H and O–H groups in total. The van der Waals surface area contributed by atoms with E-state index in [-0.39, 0.29) is 0 Å². The van der Waals surface area contributed by atoms with Crippen LogP contribution in [0.3, 0.4) is 0 Å². The Kier molecular flexibility index (Phi) is 5.15. The van der Waals surface area contributed by atoms with Crippen LogP contribution >= 0.6 is 27.5 Å². The molecule has 20 heavy (non-hydrogen) atoms. The van der Waals surface area contributed by atoms with E-state index in [2.05, 4.69) is 15.9 Å². The summed E-state index contributed by atoms with van der Waals surface area (Å²) in [6, 6.07) is 13.2. The zero-order valence-corrected chi connectivity index (χ0v) is 13.5. The first-order valence-corrected chi connectivity index (χ1v) is 7.38. The molecular formula is C15H16BrClN2O. The van der Waals surface area contributed by atoms with Gasteiger partial charge in [0.25, 0.3) is 0 Å². The van der Waals surface area contributed by atoms with Crippen LogP contribution in [0, 0.1) is 0 Å². The minimum Gasteiger partial charge on any atom is -0.492 e. The maximum atomic E-state index is 5.99. The quantitative estimate of drug-likeness (QED) is 0.817. The normalized spacial score (nSPS) is 10.3. The Bertz CT molecular complexity index is 592. The molecule has 0 radical (unpaired) electrons. The number of benzene rings is 2. The van der Waals surface area contributed by atoms with Gasteiger partial charge in [0, 0.05) is 16.5 Å². The van der Waals surface area contributed by atoms with Crippen LogP contribution in [-0.4, -0.2) is 20.2 Å². The number of nitrogen functional groups attached to an aromatic ring is 1. The van der Waals surface area contributed by atoms with Gasteiger partial charge in [-0.2, -0.15) is 0 Å². The summed E-state index contributed by atoms with van der Waals surface area (Å²) < 4.78 is 6.71. The molecule has 2 rings (SSSR count). The Hall–Kier alpha value is -1.39. The van der Waals surface area contributed by atoms with Crippen molar-refractivity contribution in [3.05, 3.63) is 52.0 Å². The van der Waals surface area contributed by atoms with Crippen LogP contribution < -0.4 is 15.4 Å². The van der Waals surface area contributed by atoms with Crippen molar-refractivity contribution >= 4 is 38.9 Å². The second kappa shape index (κ2) is 6.86. The number of nitrogens with zero attached hydrogens (tertiary/aromatic N) is 1. The van der Waals surface area contributed by atoms with Gasteiger partial charge < -0.3 is 15.4 Å². The van der Waals surface area contributed by atoms with Gasteiger partial charge in [-0.1, -0.05) is 33.6 Å². The summed E-state index contributed by atoms with van der Waals surface area (Å²) in [5.74, 6) is 0.840. The number of nitrogens with two attached hydrogens (primary N) is 1. The third-order valence-corrected chi connectivity index (χ3v) is 3.62. The van der Waals surface area contributed by atoms with Gasteiger partial charge in [0.15, 0.2) is 0 Å². The molecule has 0 unspecified atom stereocenters. The van der Waals surface area contributed by atoms with Crippen molar-refractivity contribution in [1.82, 2.24) is 0 Å². The number of hydrogen-bond acceptors (Lipinski definition) is 3. The lowest BCUT2D eigenvalue weighted by Gasteiger charge is -2.21. The molecule has 3 nitrogen and oxygen atoms in total. The molecule has 0 aliphatic rings. The van der Waals surface area contributed by atoms with Gasteiger partial charge in [0.05, 0.1) is 17.9 Å². The number of ether oxygens (including phenoxy) is 1. The molecule has 0 aromatic heterocycles. The highest BCUT2D eigenvalue weighted by molar-refractivity contribution is 9.10. The largest absolute Gasteiger partial charge is 0.492 e. The number of rotatable bonds is 5. The molecule has 5 heteroatoms. The maximum Gasteiger partial charge on any atom is 0.120 e. The van der Waals surface area contributed by atoms with Crippen LogP contribution in [-0.2, 0) is 0 Å². The van der Waals surface area contributed by atoms with Crippen molar-refractivity contribution in [3.8, 4) is 5.75 Å². The van der Waals surface area contributed by atoms with Crippen molar-refractivity contribution in [3.63, 3.8) is 0 Å². The smallest absolute Gasteiger partial charge is 0.120 e. The molecule has 0 amide bonds. The number of hydrogen-bond donors (Lipinski definition) is 1. The average molecular weight is 356 g/mol. The molecule has 0 aliphatic heterocycles. The Labute approximate surface area is 132 Å². The minimum atomic E-state index is 0.568. The van der Waals surface area contributed by atoms with E-state index < -0.39 is 0 Å². The molecule has 0 heterocycles. The SMILES string of the molecule is CN(CCOc1cccc(Br)c1)c1cc(Cl)ccc1N. The highest BCUT2D eigenvalue weighted by Crippen LogP contribution is 2.26. The maximum absolute atomic E-state index is 5.99. The Morgan fingerprint density at radius 3 is 2.80 bits per heavy atom. The third-order valence-electron chi connectivity index (χ3n) is 2.90. The fraction of sp³-hybridized carbons (Fsp3) is 0.200. The summed E-state index contributed by atoms with van der Waals surface area (Å²) >= 11 is 9.41. The zero-order valence-electron chi connectivity index (χ0n) is 11.1. The summed E-state index contributed by atoms with van der Waals surface area (Å²) in [7, 11) is 1.96. The highest BCUT2D eigenvalue weighted by atomic mass is 79.9. The van der Waals surface area contributed by atoms with Gasteiger partial charge in [-0.15, -0.1) is 0 Å². The highest BCUT2D eigenvalue weighted by Gasteiger charge is 2.06. The predicted octanol–water partition coefficient (Wildman–Crippen LogP) is 4.20. The molecule has 0 aliphatic carbocycles. The summed E-state index contributed by atoms with van der Waals surface area (Å²) in [5.41, 5.74) is 7.57. The first-order chi connectivity index (χ1) is 9.56. The Balaban J connectivity index is 1.92. The van der Waals surface area contributed by atoms with Crippen LogP contribution in [0.4, 0.5) is 11.4 Å². The Morgan fingerprint density at radius 1 is 1.25 bits per heavy atom. The van der Waals surface area contributed by atoms with Crippen molar-refractivity contribution in [2.45, 2.75) is 0 Å². The average Bonchev–Trinajstić information content (AvgIpc) is 2.41. The van der Waals surface area contributed by atoms with Gasteiger partial charge in [0.1, 0.15) is 12.4 Å². The first-order valence-electron chi connectivity index (χ1n) is 6.21. The molecular weight excluding hydrogens is 340 g/mol. The van der Waals surface area contributed by atoms with E-state index in [4.69, 9.17) is 22.1 Å². The monoisotopic (exact) mass is 354 g/mol. The summed E-state index contributed by atoms with van der Waals surface area (Å²) in [5, 5.41) is 0.675. The molecule has 106 valence electrons. The number of likely N-dealkylation sites (N-methyl/N-ethyl adjacent to an activating group) is 1. The summed E-state index contributed by atoms with van der Waals surface area (Å²) in [6.45, 7) is 1.29. The van der Waals surface area contributed by atoms with Crippen molar-refractivity contribution in [2.75, 3.05) is 30.8 Å². The fourth-order valence-corrected chi connectivity index (χ4v) is 2.37. The number of halogens is 2. The van der Waals surface area contributed by atoms with E-state index in [1.807, 2.05) is 48.3 Å². The van der Waals surface area contributed by atoms with Gasteiger partial charge in [0.2, 0.25) is 0 Å². The molecule has 0 atom stereocenters. The van der Waals surface area contributed by atoms with Gasteiger partial charge >= 0.3 is 0 Å². The second-order valence-corrected chi connectivity index (χ2v) is 5.78. The van der Waals surface area contributed by atoms with E-state index in [9.17, 15) is 0 Å². The second-order valence-electron chi connectivity index (χ2n) is 4.43.